The molecule has 0 bridgehead atoms. The SMILES string of the molecule is CCCCCN(CCCCC)S(=O)(=O)c1ccc(C)c(C)c1. The second kappa shape index (κ2) is 9.31. The highest BCUT2D eigenvalue weighted by Crippen LogP contribution is 2.20. The van der Waals surface area contributed by atoms with Crippen molar-refractivity contribution in [3.05, 3.63) is 29.3 Å². The second-order valence-corrected chi connectivity index (χ2v) is 8.00. The zero-order valence-electron chi connectivity index (χ0n) is 14.6. The fourth-order valence-electron chi connectivity index (χ4n) is 2.45. The molecule has 3 nitrogen and oxygen atoms in total. The van der Waals surface area contributed by atoms with Crippen molar-refractivity contribution in [3.8, 4) is 0 Å². The zero-order chi connectivity index (χ0) is 16.6. The number of unbranched alkanes of at least 4 members (excludes halogenated alkanes) is 4. The predicted molar refractivity (Wildman–Crippen MR) is 93.7 cm³/mol. The summed E-state index contributed by atoms with van der Waals surface area (Å²) in [6, 6.07) is 5.44. The highest BCUT2D eigenvalue weighted by molar-refractivity contribution is 7.89. The average Bonchev–Trinajstić information content (AvgIpc) is 2.48. The van der Waals surface area contributed by atoms with Crippen molar-refractivity contribution in [2.24, 2.45) is 0 Å². The summed E-state index contributed by atoms with van der Waals surface area (Å²) in [5.41, 5.74) is 2.16. The molecule has 0 spiro atoms. The standard InChI is InChI=1S/C18H31NO2S/c1-5-7-9-13-19(14-10-8-6-2)22(20,21)18-12-11-16(3)17(4)15-18/h11-12,15H,5-10,13-14H2,1-4H3. The van der Waals surface area contributed by atoms with Crippen LogP contribution in [0, 0.1) is 13.8 Å². The summed E-state index contributed by atoms with van der Waals surface area (Å²) in [6.45, 7) is 9.51. The van der Waals surface area contributed by atoms with Gasteiger partial charge in [0.05, 0.1) is 4.90 Å². The third kappa shape index (κ3) is 5.40. The topological polar surface area (TPSA) is 37.4 Å². The van der Waals surface area contributed by atoms with Crippen LogP contribution in [0.3, 0.4) is 0 Å². The first-order chi connectivity index (χ1) is 10.4. The van der Waals surface area contributed by atoms with Gasteiger partial charge in [-0.05, 0) is 49.9 Å². The Hall–Kier alpha value is -0.870. The van der Waals surface area contributed by atoms with Gasteiger partial charge in [-0.3, -0.25) is 0 Å². The molecule has 0 aliphatic rings. The molecule has 1 aromatic rings. The molecule has 0 atom stereocenters. The van der Waals surface area contributed by atoms with Crippen LogP contribution in [0.4, 0.5) is 0 Å². The van der Waals surface area contributed by atoms with E-state index >= 15 is 0 Å². The Morgan fingerprint density at radius 3 is 1.86 bits per heavy atom. The minimum Gasteiger partial charge on any atom is -0.207 e. The van der Waals surface area contributed by atoms with Gasteiger partial charge in [0.15, 0.2) is 0 Å². The summed E-state index contributed by atoms with van der Waals surface area (Å²) >= 11 is 0. The number of nitrogens with zero attached hydrogens (tertiary/aromatic N) is 1. The molecule has 0 saturated heterocycles. The highest BCUT2D eigenvalue weighted by atomic mass is 32.2. The fraction of sp³-hybridized carbons (Fsp3) is 0.667. The Morgan fingerprint density at radius 1 is 0.864 bits per heavy atom. The Morgan fingerprint density at radius 2 is 1.41 bits per heavy atom. The summed E-state index contributed by atoms with van der Waals surface area (Å²) in [5, 5.41) is 0. The van der Waals surface area contributed by atoms with Gasteiger partial charge in [0, 0.05) is 13.1 Å². The minimum atomic E-state index is -3.37. The van der Waals surface area contributed by atoms with Crippen LogP contribution in [0.5, 0.6) is 0 Å². The largest absolute Gasteiger partial charge is 0.243 e. The van der Waals surface area contributed by atoms with Gasteiger partial charge < -0.3 is 0 Å². The first kappa shape index (κ1) is 19.2. The van der Waals surface area contributed by atoms with Gasteiger partial charge >= 0.3 is 0 Å². The molecule has 4 heteroatoms. The molecule has 0 radical (unpaired) electrons. The van der Waals surface area contributed by atoms with Gasteiger partial charge in [0.1, 0.15) is 0 Å². The molecule has 0 fully saturated rings. The lowest BCUT2D eigenvalue weighted by molar-refractivity contribution is 0.388. The van der Waals surface area contributed by atoms with Crippen LogP contribution in [-0.4, -0.2) is 25.8 Å². The maximum Gasteiger partial charge on any atom is 0.243 e. The van der Waals surface area contributed by atoms with Crippen molar-refractivity contribution in [1.82, 2.24) is 4.31 Å². The predicted octanol–water partition coefficient (Wildman–Crippen LogP) is 4.67. The number of rotatable bonds is 10. The summed E-state index contributed by atoms with van der Waals surface area (Å²) in [7, 11) is -3.37. The van der Waals surface area contributed by atoms with Gasteiger partial charge in [-0.25, -0.2) is 8.42 Å². The van der Waals surface area contributed by atoms with E-state index in [4.69, 9.17) is 0 Å². The fourth-order valence-corrected chi connectivity index (χ4v) is 4.05. The summed E-state index contributed by atoms with van der Waals surface area (Å²) in [6.07, 6.45) is 6.23. The Bertz CT molecular complexity index is 542. The van der Waals surface area contributed by atoms with E-state index in [1.807, 2.05) is 19.9 Å². The molecule has 0 N–H and O–H groups in total. The van der Waals surface area contributed by atoms with E-state index < -0.39 is 10.0 Å². The third-order valence-electron chi connectivity index (χ3n) is 4.14. The van der Waals surface area contributed by atoms with Crippen LogP contribution in [0.1, 0.15) is 63.5 Å². The molecule has 1 aromatic carbocycles. The van der Waals surface area contributed by atoms with E-state index in [1.165, 1.54) is 0 Å². The quantitative estimate of drug-likeness (QED) is 0.586. The Balaban J connectivity index is 2.94. The van der Waals surface area contributed by atoms with Crippen molar-refractivity contribution >= 4 is 10.0 Å². The van der Waals surface area contributed by atoms with Crippen molar-refractivity contribution in [2.45, 2.75) is 71.1 Å². The Kier molecular flexibility index (Phi) is 8.12. The maximum absolute atomic E-state index is 12.9. The molecule has 0 amide bonds. The van der Waals surface area contributed by atoms with E-state index in [0.29, 0.717) is 18.0 Å². The number of aryl methyl sites for hydroxylation is 2. The molecule has 22 heavy (non-hydrogen) atoms. The summed E-state index contributed by atoms with van der Waals surface area (Å²) in [5.74, 6) is 0. The van der Waals surface area contributed by atoms with Gasteiger partial charge in [-0.2, -0.15) is 4.31 Å². The molecule has 0 heterocycles. The van der Waals surface area contributed by atoms with Gasteiger partial charge in [-0.15, -0.1) is 0 Å². The molecule has 1 rings (SSSR count). The second-order valence-electron chi connectivity index (χ2n) is 6.06. The lowest BCUT2D eigenvalue weighted by atomic mass is 10.1. The highest BCUT2D eigenvalue weighted by Gasteiger charge is 2.23. The summed E-state index contributed by atoms with van der Waals surface area (Å²) in [4.78, 5) is 0.434. The normalized spacial score (nSPS) is 12.0. The van der Waals surface area contributed by atoms with Crippen molar-refractivity contribution in [2.75, 3.05) is 13.1 Å². The van der Waals surface area contributed by atoms with Crippen LogP contribution >= 0.6 is 0 Å². The van der Waals surface area contributed by atoms with E-state index in [1.54, 1.807) is 16.4 Å². The van der Waals surface area contributed by atoms with E-state index in [0.717, 1.165) is 49.7 Å². The lowest BCUT2D eigenvalue weighted by Crippen LogP contribution is -2.33. The average molecular weight is 326 g/mol. The van der Waals surface area contributed by atoms with Gasteiger partial charge in [0.2, 0.25) is 10.0 Å². The number of hydrogen-bond donors (Lipinski definition) is 0. The number of hydrogen-bond acceptors (Lipinski definition) is 2. The molecular formula is C18H31NO2S. The van der Waals surface area contributed by atoms with Crippen LogP contribution < -0.4 is 0 Å². The molecule has 0 aliphatic carbocycles. The van der Waals surface area contributed by atoms with E-state index in [-0.39, 0.29) is 0 Å². The van der Waals surface area contributed by atoms with Crippen LogP contribution in [-0.2, 0) is 10.0 Å². The summed E-state index contributed by atoms with van der Waals surface area (Å²) < 4.78 is 27.5. The first-order valence-electron chi connectivity index (χ1n) is 8.50. The van der Waals surface area contributed by atoms with Crippen molar-refractivity contribution < 1.29 is 8.42 Å². The smallest absolute Gasteiger partial charge is 0.207 e. The lowest BCUT2D eigenvalue weighted by Gasteiger charge is -2.22. The monoisotopic (exact) mass is 325 g/mol. The van der Waals surface area contributed by atoms with Crippen molar-refractivity contribution in [1.29, 1.82) is 0 Å². The van der Waals surface area contributed by atoms with Gasteiger partial charge in [0.25, 0.3) is 0 Å². The molecule has 0 aliphatic heterocycles. The van der Waals surface area contributed by atoms with Gasteiger partial charge in [-0.1, -0.05) is 45.6 Å². The molecule has 0 saturated carbocycles. The number of sulfonamides is 1. The van der Waals surface area contributed by atoms with E-state index in [9.17, 15) is 8.42 Å². The van der Waals surface area contributed by atoms with Crippen LogP contribution in [0.2, 0.25) is 0 Å². The third-order valence-corrected chi connectivity index (χ3v) is 6.03. The number of benzene rings is 1. The first-order valence-corrected chi connectivity index (χ1v) is 9.94. The zero-order valence-corrected chi connectivity index (χ0v) is 15.4. The molecule has 0 unspecified atom stereocenters. The van der Waals surface area contributed by atoms with Crippen molar-refractivity contribution in [3.63, 3.8) is 0 Å². The van der Waals surface area contributed by atoms with E-state index in [2.05, 4.69) is 13.8 Å². The maximum atomic E-state index is 12.9. The molecule has 0 aromatic heterocycles. The Labute approximate surface area is 136 Å². The minimum absolute atomic E-state index is 0.434. The van der Waals surface area contributed by atoms with Crippen LogP contribution in [0.15, 0.2) is 23.1 Å². The molecular weight excluding hydrogens is 294 g/mol. The molecule has 126 valence electrons. The van der Waals surface area contributed by atoms with Crippen LogP contribution in [0.25, 0.3) is 0 Å².